The van der Waals surface area contributed by atoms with Crippen molar-refractivity contribution in [1.29, 1.82) is 0 Å². The first-order chi connectivity index (χ1) is 13.5. The van der Waals surface area contributed by atoms with E-state index < -0.39 is 17.9 Å². The van der Waals surface area contributed by atoms with Crippen molar-refractivity contribution in [3.8, 4) is 11.5 Å². The third-order valence-corrected chi connectivity index (χ3v) is 4.51. The lowest BCUT2D eigenvalue weighted by Gasteiger charge is -2.21. The van der Waals surface area contributed by atoms with Gasteiger partial charge in [-0.3, -0.25) is 19.3 Å². The molecule has 3 rings (SSSR count). The molecule has 1 aliphatic rings. The van der Waals surface area contributed by atoms with Gasteiger partial charge in [0.05, 0.1) is 18.7 Å². The van der Waals surface area contributed by atoms with E-state index in [0.717, 1.165) is 4.90 Å². The fourth-order valence-electron chi connectivity index (χ4n) is 3.10. The van der Waals surface area contributed by atoms with E-state index in [1.807, 2.05) is 13.8 Å². The molecule has 1 heterocycles. The first-order valence-corrected chi connectivity index (χ1v) is 9.42. The summed E-state index contributed by atoms with van der Waals surface area (Å²) in [5, 5.41) is 0. The first kappa shape index (κ1) is 19.6. The van der Waals surface area contributed by atoms with Crippen molar-refractivity contribution in [2.75, 3.05) is 13.2 Å². The topological polar surface area (TPSA) is 72.9 Å². The van der Waals surface area contributed by atoms with E-state index in [4.69, 9.17) is 9.47 Å². The van der Waals surface area contributed by atoms with Crippen LogP contribution in [0.4, 0.5) is 0 Å². The van der Waals surface area contributed by atoms with Gasteiger partial charge in [-0.25, -0.2) is 0 Å². The van der Waals surface area contributed by atoms with Crippen molar-refractivity contribution in [3.63, 3.8) is 0 Å². The summed E-state index contributed by atoms with van der Waals surface area (Å²) in [6, 6.07) is 13.4. The van der Waals surface area contributed by atoms with Crippen LogP contribution >= 0.6 is 0 Å². The highest BCUT2D eigenvalue weighted by Crippen LogP contribution is 2.27. The summed E-state index contributed by atoms with van der Waals surface area (Å²) < 4.78 is 11.2. The van der Waals surface area contributed by atoms with Crippen molar-refractivity contribution in [3.05, 3.63) is 59.7 Å². The van der Waals surface area contributed by atoms with E-state index in [9.17, 15) is 14.4 Å². The largest absolute Gasteiger partial charge is 0.494 e. The fourth-order valence-corrected chi connectivity index (χ4v) is 3.10. The summed E-state index contributed by atoms with van der Waals surface area (Å²) in [5.41, 5.74) is 0.698. The SMILES string of the molecule is CCC[C@@H]1Oc2ccccc2C(=O)N(CC(=O)c2ccc(OCC)cc2)C1=O. The van der Waals surface area contributed by atoms with E-state index in [1.54, 1.807) is 48.5 Å². The monoisotopic (exact) mass is 381 g/mol. The summed E-state index contributed by atoms with van der Waals surface area (Å²) in [6.45, 7) is 4.01. The number of ether oxygens (including phenoxy) is 2. The first-order valence-electron chi connectivity index (χ1n) is 9.42. The third-order valence-electron chi connectivity index (χ3n) is 4.51. The maximum Gasteiger partial charge on any atom is 0.270 e. The summed E-state index contributed by atoms with van der Waals surface area (Å²) in [6.07, 6.45) is 0.396. The lowest BCUT2D eigenvalue weighted by Crippen LogP contribution is -2.45. The summed E-state index contributed by atoms with van der Waals surface area (Å²) in [5.74, 6) is -0.290. The molecule has 0 aromatic heterocycles. The molecule has 2 aromatic rings. The molecule has 0 unspecified atom stereocenters. The van der Waals surface area contributed by atoms with E-state index in [-0.39, 0.29) is 17.9 Å². The second kappa shape index (κ2) is 8.69. The molecule has 28 heavy (non-hydrogen) atoms. The van der Waals surface area contributed by atoms with Crippen LogP contribution in [-0.4, -0.2) is 41.8 Å². The van der Waals surface area contributed by atoms with E-state index in [1.165, 1.54) is 0 Å². The number of carbonyl (C=O) groups excluding carboxylic acids is 3. The molecule has 1 aliphatic heterocycles. The van der Waals surface area contributed by atoms with Gasteiger partial charge in [0.25, 0.3) is 11.8 Å². The fraction of sp³-hybridized carbons (Fsp3) is 0.318. The van der Waals surface area contributed by atoms with Gasteiger partial charge in [-0.05, 0) is 49.7 Å². The van der Waals surface area contributed by atoms with Crippen LogP contribution in [0.5, 0.6) is 11.5 Å². The number of carbonyl (C=O) groups is 3. The van der Waals surface area contributed by atoms with Crippen LogP contribution < -0.4 is 9.47 Å². The molecule has 1 atom stereocenters. The van der Waals surface area contributed by atoms with E-state index >= 15 is 0 Å². The van der Waals surface area contributed by atoms with Crippen LogP contribution in [0, 0.1) is 0 Å². The average Bonchev–Trinajstić information content (AvgIpc) is 2.80. The van der Waals surface area contributed by atoms with Crippen LogP contribution in [0.25, 0.3) is 0 Å². The van der Waals surface area contributed by atoms with Gasteiger partial charge in [-0.1, -0.05) is 25.5 Å². The molecular weight excluding hydrogens is 358 g/mol. The Bertz CT molecular complexity index is 875. The van der Waals surface area contributed by atoms with Gasteiger partial charge in [0.15, 0.2) is 11.9 Å². The van der Waals surface area contributed by atoms with Gasteiger partial charge in [0.2, 0.25) is 0 Å². The van der Waals surface area contributed by atoms with Gasteiger partial charge in [-0.15, -0.1) is 0 Å². The molecule has 6 nitrogen and oxygen atoms in total. The molecule has 6 heteroatoms. The Balaban J connectivity index is 1.86. The number of hydrogen-bond donors (Lipinski definition) is 0. The Morgan fingerprint density at radius 1 is 1.07 bits per heavy atom. The third kappa shape index (κ3) is 4.06. The van der Waals surface area contributed by atoms with Crippen LogP contribution in [0.1, 0.15) is 47.4 Å². The highest BCUT2D eigenvalue weighted by Gasteiger charge is 2.36. The highest BCUT2D eigenvalue weighted by molar-refractivity contribution is 6.12. The average molecular weight is 381 g/mol. The van der Waals surface area contributed by atoms with E-state index in [2.05, 4.69) is 0 Å². The molecule has 0 aliphatic carbocycles. The standard InChI is InChI=1S/C22H23NO5/c1-3-7-20-22(26)23(21(25)17-8-5-6-9-19(17)28-20)14-18(24)15-10-12-16(13-11-15)27-4-2/h5-6,8-13,20H,3-4,7,14H2,1-2H3/t20-/m0/s1. The molecule has 0 bridgehead atoms. The van der Waals surface area contributed by atoms with Gasteiger partial charge in [0.1, 0.15) is 11.5 Å². The predicted molar refractivity (Wildman–Crippen MR) is 104 cm³/mol. The Kier molecular flexibility index (Phi) is 6.09. The molecule has 2 aromatic carbocycles. The molecule has 0 saturated carbocycles. The van der Waals surface area contributed by atoms with Gasteiger partial charge in [0, 0.05) is 5.56 Å². The molecule has 0 saturated heterocycles. The molecular formula is C22H23NO5. The molecule has 0 fully saturated rings. The van der Waals surface area contributed by atoms with Crippen molar-refractivity contribution in [2.24, 2.45) is 0 Å². The number of ketones is 1. The summed E-state index contributed by atoms with van der Waals surface area (Å²) >= 11 is 0. The maximum absolute atomic E-state index is 13.0. The van der Waals surface area contributed by atoms with Crippen molar-refractivity contribution >= 4 is 17.6 Å². The zero-order chi connectivity index (χ0) is 20.1. The quantitative estimate of drug-likeness (QED) is 0.542. The lowest BCUT2D eigenvalue weighted by molar-refractivity contribution is -0.135. The Hall–Kier alpha value is -3.15. The number of Topliss-reactive ketones (excluding diaryl/α,β-unsaturated/α-hetero) is 1. The number of para-hydroxylation sites is 1. The smallest absolute Gasteiger partial charge is 0.270 e. The number of amides is 2. The normalized spacial score (nSPS) is 16.2. The second-order valence-corrected chi connectivity index (χ2v) is 6.50. The summed E-state index contributed by atoms with van der Waals surface area (Å²) in [4.78, 5) is 39.6. The van der Waals surface area contributed by atoms with Crippen molar-refractivity contribution < 1.29 is 23.9 Å². The van der Waals surface area contributed by atoms with Crippen LogP contribution in [-0.2, 0) is 4.79 Å². The number of benzene rings is 2. The minimum Gasteiger partial charge on any atom is -0.494 e. The number of rotatable bonds is 7. The maximum atomic E-state index is 13.0. The Labute approximate surface area is 164 Å². The van der Waals surface area contributed by atoms with E-state index in [0.29, 0.717) is 36.5 Å². The number of nitrogens with zero attached hydrogens (tertiary/aromatic N) is 1. The van der Waals surface area contributed by atoms with Crippen molar-refractivity contribution in [2.45, 2.75) is 32.8 Å². The van der Waals surface area contributed by atoms with Crippen molar-refractivity contribution in [1.82, 2.24) is 4.90 Å². The predicted octanol–water partition coefficient (Wildman–Crippen LogP) is 3.50. The summed E-state index contributed by atoms with van der Waals surface area (Å²) in [7, 11) is 0. The molecule has 0 radical (unpaired) electrons. The minimum absolute atomic E-state index is 0.286. The number of fused-ring (bicyclic) bond motifs is 1. The van der Waals surface area contributed by atoms with Gasteiger partial charge in [-0.2, -0.15) is 0 Å². The number of hydrogen-bond acceptors (Lipinski definition) is 5. The van der Waals surface area contributed by atoms with Crippen LogP contribution in [0.15, 0.2) is 48.5 Å². The Morgan fingerprint density at radius 2 is 1.79 bits per heavy atom. The number of imide groups is 1. The highest BCUT2D eigenvalue weighted by atomic mass is 16.5. The zero-order valence-electron chi connectivity index (χ0n) is 16.0. The Morgan fingerprint density at radius 3 is 2.46 bits per heavy atom. The minimum atomic E-state index is -0.786. The zero-order valence-corrected chi connectivity index (χ0v) is 16.0. The molecule has 146 valence electrons. The lowest BCUT2D eigenvalue weighted by atomic mass is 10.1. The van der Waals surface area contributed by atoms with Gasteiger partial charge < -0.3 is 9.47 Å². The molecule has 0 N–H and O–H groups in total. The second-order valence-electron chi connectivity index (χ2n) is 6.50. The van der Waals surface area contributed by atoms with Crippen LogP contribution in [0.2, 0.25) is 0 Å². The molecule has 0 spiro atoms. The van der Waals surface area contributed by atoms with Crippen LogP contribution in [0.3, 0.4) is 0 Å². The molecule has 2 amide bonds. The van der Waals surface area contributed by atoms with Gasteiger partial charge >= 0.3 is 0 Å².